The van der Waals surface area contributed by atoms with Crippen LogP contribution in [0.4, 0.5) is 16.3 Å². The highest BCUT2D eigenvalue weighted by atomic mass is 16.5. The minimum absolute atomic E-state index is 0.286. The second-order valence-corrected chi connectivity index (χ2v) is 5.35. The summed E-state index contributed by atoms with van der Waals surface area (Å²) in [6.45, 7) is 0.614. The van der Waals surface area contributed by atoms with Crippen molar-refractivity contribution in [3.63, 3.8) is 0 Å². The highest BCUT2D eigenvalue weighted by molar-refractivity contribution is 6.04. The molecule has 2 aromatic carbocycles. The van der Waals surface area contributed by atoms with E-state index in [0.717, 1.165) is 0 Å². The molecule has 128 valence electrons. The first-order chi connectivity index (χ1) is 12.2. The molecule has 0 aliphatic rings. The van der Waals surface area contributed by atoms with Crippen molar-refractivity contribution < 1.29 is 9.53 Å². The molecular formula is C18H18N4O3. The first-order valence-corrected chi connectivity index (χ1v) is 7.80. The lowest BCUT2D eigenvalue weighted by molar-refractivity contribution is 0.186. The number of hydrogen-bond acceptors (Lipinski definition) is 4. The van der Waals surface area contributed by atoms with Crippen LogP contribution in [0, 0.1) is 0 Å². The van der Waals surface area contributed by atoms with Crippen LogP contribution in [0.5, 0.6) is 0 Å². The largest absolute Gasteiger partial charge is 0.383 e. The molecule has 0 radical (unpaired) electrons. The van der Waals surface area contributed by atoms with Crippen molar-refractivity contribution in [2.45, 2.75) is 6.54 Å². The Morgan fingerprint density at radius 3 is 2.56 bits per heavy atom. The van der Waals surface area contributed by atoms with Gasteiger partial charge in [-0.3, -0.25) is 9.88 Å². The van der Waals surface area contributed by atoms with Gasteiger partial charge in [-0.1, -0.05) is 30.3 Å². The third-order valence-electron chi connectivity index (χ3n) is 3.66. The summed E-state index contributed by atoms with van der Waals surface area (Å²) >= 11 is 0. The molecule has 3 aromatic rings. The fourth-order valence-corrected chi connectivity index (χ4v) is 2.49. The van der Waals surface area contributed by atoms with Gasteiger partial charge in [0.2, 0.25) is 0 Å². The number of para-hydroxylation sites is 2. The molecule has 0 aliphatic carbocycles. The Labute approximate surface area is 144 Å². The van der Waals surface area contributed by atoms with Gasteiger partial charge in [0.25, 0.3) is 0 Å². The van der Waals surface area contributed by atoms with Crippen LogP contribution in [0.25, 0.3) is 10.9 Å². The molecule has 2 amide bonds. The van der Waals surface area contributed by atoms with Crippen LogP contribution in [0.1, 0.15) is 0 Å². The second-order valence-electron chi connectivity index (χ2n) is 5.35. The van der Waals surface area contributed by atoms with E-state index in [1.165, 1.54) is 4.57 Å². The summed E-state index contributed by atoms with van der Waals surface area (Å²) in [6, 6.07) is 15.8. The molecule has 0 unspecified atom stereocenters. The number of carbonyl (C=O) groups excluding carboxylic acids is 1. The van der Waals surface area contributed by atoms with E-state index < -0.39 is 11.7 Å². The van der Waals surface area contributed by atoms with Crippen molar-refractivity contribution in [3.8, 4) is 0 Å². The Kier molecular flexibility index (Phi) is 5.06. The fourth-order valence-electron chi connectivity index (χ4n) is 2.49. The zero-order valence-electron chi connectivity index (χ0n) is 13.7. The molecule has 1 heterocycles. The highest BCUT2D eigenvalue weighted by Crippen LogP contribution is 2.20. The number of amides is 2. The van der Waals surface area contributed by atoms with Crippen molar-refractivity contribution in [3.05, 3.63) is 65.1 Å². The molecule has 0 bridgehead atoms. The van der Waals surface area contributed by atoms with Crippen LogP contribution in [0.15, 0.2) is 59.4 Å². The minimum atomic E-state index is -0.439. The number of nitrogens with one attached hydrogen (secondary N) is 2. The quantitative estimate of drug-likeness (QED) is 0.749. The van der Waals surface area contributed by atoms with Gasteiger partial charge in [-0.15, -0.1) is 0 Å². The molecule has 2 N–H and O–H groups in total. The van der Waals surface area contributed by atoms with Crippen molar-refractivity contribution in [1.82, 2.24) is 9.55 Å². The van der Waals surface area contributed by atoms with E-state index in [0.29, 0.717) is 29.0 Å². The summed E-state index contributed by atoms with van der Waals surface area (Å²) in [4.78, 5) is 28.8. The summed E-state index contributed by atoms with van der Waals surface area (Å²) in [5, 5.41) is 6.19. The molecule has 0 spiro atoms. The van der Waals surface area contributed by atoms with E-state index in [1.54, 1.807) is 31.4 Å². The van der Waals surface area contributed by atoms with Gasteiger partial charge in [-0.2, -0.15) is 4.98 Å². The van der Waals surface area contributed by atoms with Crippen LogP contribution in [0.3, 0.4) is 0 Å². The SMILES string of the molecule is COCCn1c(NC(=O)Nc2ccccc2)c2ccccc2nc1=O. The molecule has 0 saturated carbocycles. The maximum Gasteiger partial charge on any atom is 0.349 e. The lowest BCUT2D eigenvalue weighted by Gasteiger charge is -2.16. The van der Waals surface area contributed by atoms with E-state index >= 15 is 0 Å². The number of anilines is 2. The van der Waals surface area contributed by atoms with Crippen molar-refractivity contribution in [1.29, 1.82) is 0 Å². The van der Waals surface area contributed by atoms with E-state index in [9.17, 15) is 9.59 Å². The van der Waals surface area contributed by atoms with Gasteiger partial charge in [-0.05, 0) is 24.3 Å². The van der Waals surface area contributed by atoms with Crippen LogP contribution in [-0.2, 0) is 11.3 Å². The Bertz CT molecular complexity index is 938. The maximum atomic E-state index is 12.4. The predicted octanol–water partition coefficient (Wildman–Crippen LogP) is 2.69. The normalized spacial score (nSPS) is 10.6. The average molecular weight is 338 g/mol. The second kappa shape index (κ2) is 7.59. The summed E-state index contributed by atoms with van der Waals surface area (Å²) in [5.41, 5.74) is 0.742. The number of fused-ring (bicyclic) bond motifs is 1. The number of rotatable bonds is 5. The monoisotopic (exact) mass is 338 g/mol. The third-order valence-corrected chi connectivity index (χ3v) is 3.66. The number of urea groups is 1. The Balaban J connectivity index is 1.97. The van der Waals surface area contributed by atoms with Gasteiger partial charge in [0, 0.05) is 18.2 Å². The van der Waals surface area contributed by atoms with Gasteiger partial charge >= 0.3 is 11.7 Å². The molecule has 7 heteroatoms. The molecule has 7 nitrogen and oxygen atoms in total. The molecule has 1 aromatic heterocycles. The predicted molar refractivity (Wildman–Crippen MR) is 97.0 cm³/mol. The van der Waals surface area contributed by atoms with Crippen molar-refractivity contribution in [2.24, 2.45) is 0 Å². The first kappa shape index (κ1) is 16.7. The topological polar surface area (TPSA) is 85.2 Å². The minimum Gasteiger partial charge on any atom is -0.383 e. The lowest BCUT2D eigenvalue weighted by atomic mass is 10.2. The average Bonchev–Trinajstić information content (AvgIpc) is 2.62. The van der Waals surface area contributed by atoms with Gasteiger partial charge in [-0.25, -0.2) is 9.59 Å². The number of carbonyl (C=O) groups is 1. The number of hydrogen-bond donors (Lipinski definition) is 2. The van der Waals surface area contributed by atoms with Crippen molar-refractivity contribution >= 4 is 28.4 Å². The first-order valence-electron chi connectivity index (χ1n) is 7.80. The molecule has 0 saturated heterocycles. The molecule has 0 aliphatic heterocycles. The Hall–Kier alpha value is -3.19. The van der Waals surface area contributed by atoms with Gasteiger partial charge < -0.3 is 10.1 Å². The molecule has 0 fully saturated rings. The van der Waals surface area contributed by atoms with Gasteiger partial charge in [0.1, 0.15) is 5.82 Å². The van der Waals surface area contributed by atoms with Gasteiger partial charge in [0.15, 0.2) is 0 Å². The van der Waals surface area contributed by atoms with Crippen molar-refractivity contribution in [2.75, 3.05) is 24.4 Å². The maximum absolute atomic E-state index is 12.4. The molecule has 25 heavy (non-hydrogen) atoms. The van der Waals surface area contributed by atoms with E-state index in [-0.39, 0.29) is 6.54 Å². The van der Waals surface area contributed by atoms with Crippen LogP contribution < -0.4 is 16.3 Å². The van der Waals surface area contributed by atoms with E-state index in [1.807, 2.05) is 30.3 Å². The molecule has 0 atom stereocenters. The van der Waals surface area contributed by atoms with Crippen LogP contribution >= 0.6 is 0 Å². The Morgan fingerprint density at radius 1 is 1.08 bits per heavy atom. The molecule has 3 rings (SSSR count). The zero-order chi connectivity index (χ0) is 17.6. The van der Waals surface area contributed by atoms with E-state index in [4.69, 9.17) is 4.74 Å². The summed E-state index contributed by atoms with van der Waals surface area (Å²) in [5.74, 6) is 0.390. The zero-order valence-corrected chi connectivity index (χ0v) is 13.7. The Morgan fingerprint density at radius 2 is 1.80 bits per heavy atom. The third kappa shape index (κ3) is 3.84. The van der Waals surface area contributed by atoms with Gasteiger partial charge in [0.05, 0.1) is 18.7 Å². The lowest BCUT2D eigenvalue weighted by Crippen LogP contribution is -2.30. The number of nitrogens with zero attached hydrogens (tertiary/aromatic N) is 2. The number of aromatic nitrogens is 2. The van der Waals surface area contributed by atoms with Crippen LogP contribution in [0.2, 0.25) is 0 Å². The highest BCUT2D eigenvalue weighted by Gasteiger charge is 2.14. The summed E-state index contributed by atoms with van der Waals surface area (Å²) in [7, 11) is 1.55. The number of benzene rings is 2. The fraction of sp³-hybridized carbons (Fsp3) is 0.167. The molecular weight excluding hydrogens is 320 g/mol. The number of ether oxygens (including phenoxy) is 1. The van der Waals surface area contributed by atoms with Crippen LogP contribution in [-0.4, -0.2) is 29.3 Å². The van der Waals surface area contributed by atoms with E-state index in [2.05, 4.69) is 15.6 Å². The summed E-state index contributed by atoms with van der Waals surface area (Å²) in [6.07, 6.45) is 0. The standard InChI is InChI=1S/C18H18N4O3/c1-25-12-11-22-16(14-9-5-6-10-15(14)20-18(22)24)21-17(23)19-13-7-3-2-4-8-13/h2-10H,11-12H2,1H3,(H2,19,21,23). The number of methoxy groups -OCH3 is 1. The summed E-state index contributed by atoms with van der Waals surface area (Å²) < 4.78 is 6.45. The smallest absolute Gasteiger partial charge is 0.349 e.